The zero-order valence-corrected chi connectivity index (χ0v) is 14.3. The van der Waals surface area contributed by atoms with Crippen molar-refractivity contribution in [2.75, 3.05) is 0 Å². The van der Waals surface area contributed by atoms with Gasteiger partial charge in [-0.05, 0) is 35.7 Å². The van der Waals surface area contributed by atoms with Gasteiger partial charge in [-0.3, -0.25) is 0 Å². The lowest BCUT2D eigenvalue weighted by molar-refractivity contribution is -0.137. The van der Waals surface area contributed by atoms with E-state index in [0.29, 0.717) is 0 Å². The van der Waals surface area contributed by atoms with Crippen LogP contribution in [0.4, 0.5) is 13.2 Å². The van der Waals surface area contributed by atoms with Gasteiger partial charge in [0.1, 0.15) is 11.5 Å². The third-order valence-corrected chi connectivity index (χ3v) is 4.59. The molecule has 3 heterocycles. The molecule has 4 nitrogen and oxygen atoms in total. The summed E-state index contributed by atoms with van der Waals surface area (Å²) < 4.78 is 49.2. The first-order valence-corrected chi connectivity index (χ1v) is 8.62. The molecule has 1 aromatic carbocycles. The van der Waals surface area contributed by atoms with E-state index in [2.05, 4.69) is 4.99 Å². The predicted molar refractivity (Wildman–Crippen MR) is 94.1 cm³/mol. The Kier molecular flexibility index (Phi) is 4.19. The number of hydrogen-bond donors (Lipinski definition) is 0. The monoisotopic (exact) mass is 389 g/mol. The highest BCUT2D eigenvalue weighted by molar-refractivity contribution is 7.12. The van der Waals surface area contributed by atoms with Crippen LogP contribution in [0.2, 0.25) is 0 Å². The van der Waals surface area contributed by atoms with Crippen molar-refractivity contribution in [2.24, 2.45) is 4.99 Å². The Bertz CT molecular complexity index is 1060. The number of carbonyl (C=O) groups is 1. The van der Waals surface area contributed by atoms with Crippen molar-refractivity contribution >= 4 is 29.3 Å². The number of nitrogens with zero attached hydrogens (tertiary/aromatic N) is 1. The Morgan fingerprint density at radius 1 is 1.07 bits per heavy atom. The lowest BCUT2D eigenvalue weighted by Crippen LogP contribution is -2.04. The van der Waals surface area contributed by atoms with E-state index in [0.717, 1.165) is 17.0 Å². The van der Waals surface area contributed by atoms with Crippen molar-refractivity contribution in [2.45, 2.75) is 6.18 Å². The maximum absolute atomic E-state index is 12.9. The minimum absolute atomic E-state index is 0.0587. The number of thiophene rings is 1. The van der Waals surface area contributed by atoms with Gasteiger partial charge in [-0.1, -0.05) is 18.2 Å². The van der Waals surface area contributed by atoms with Crippen molar-refractivity contribution in [3.63, 3.8) is 0 Å². The number of ether oxygens (including phenoxy) is 1. The number of alkyl halides is 3. The van der Waals surface area contributed by atoms with Crippen molar-refractivity contribution in [1.29, 1.82) is 0 Å². The van der Waals surface area contributed by atoms with Crippen LogP contribution in [-0.2, 0) is 15.7 Å². The van der Waals surface area contributed by atoms with Gasteiger partial charge in [0, 0.05) is 11.6 Å². The van der Waals surface area contributed by atoms with Crippen LogP contribution in [0.5, 0.6) is 0 Å². The molecule has 0 saturated carbocycles. The van der Waals surface area contributed by atoms with Crippen molar-refractivity contribution in [3.8, 4) is 11.3 Å². The molecule has 3 aromatic rings. The number of esters is 1. The van der Waals surface area contributed by atoms with E-state index in [1.807, 2.05) is 11.4 Å². The SMILES string of the molecule is O=C1OC(c2cccs2)=N/C1=C/c1ccc(-c2cccc(C(F)(F)F)c2)o1. The Morgan fingerprint density at radius 3 is 2.67 bits per heavy atom. The summed E-state index contributed by atoms with van der Waals surface area (Å²) in [4.78, 5) is 16.8. The molecular weight excluding hydrogens is 379 g/mol. The molecule has 8 heteroatoms. The summed E-state index contributed by atoms with van der Waals surface area (Å²) in [6.45, 7) is 0. The fourth-order valence-electron chi connectivity index (χ4n) is 2.48. The number of halogens is 3. The molecule has 2 aromatic heterocycles. The Hall–Kier alpha value is -3.13. The average Bonchev–Trinajstić information content (AvgIpc) is 3.37. The molecule has 0 radical (unpaired) electrons. The fourth-order valence-corrected chi connectivity index (χ4v) is 3.13. The summed E-state index contributed by atoms with van der Waals surface area (Å²) in [5, 5.41) is 1.83. The molecule has 0 atom stereocenters. The Morgan fingerprint density at radius 2 is 1.93 bits per heavy atom. The third kappa shape index (κ3) is 3.56. The maximum Gasteiger partial charge on any atom is 0.416 e. The van der Waals surface area contributed by atoms with Crippen LogP contribution in [0.15, 0.2) is 69.0 Å². The molecule has 0 amide bonds. The van der Waals surface area contributed by atoms with E-state index in [1.165, 1.54) is 35.6 Å². The van der Waals surface area contributed by atoms with E-state index < -0.39 is 17.7 Å². The first-order valence-electron chi connectivity index (χ1n) is 7.74. The molecular formula is C19H10F3NO3S. The molecule has 0 bridgehead atoms. The number of hydrogen-bond acceptors (Lipinski definition) is 5. The number of furan rings is 1. The smallest absolute Gasteiger partial charge is 0.416 e. The van der Waals surface area contributed by atoms with Gasteiger partial charge in [0.25, 0.3) is 0 Å². The maximum atomic E-state index is 12.9. The van der Waals surface area contributed by atoms with Crippen molar-refractivity contribution < 1.29 is 27.1 Å². The largest absolute Gasteiger partial charge is 0.457 e. The highest BCUT2D eigenvalue weighted by Crippen LogP contribution is 2.33. The number of cyclic esters (lactones) is 1. The molecule has 1 aliphatic heterocycles. The molecule has 136 valence electrons. The molecule has 0 N–H and O–H groups in total. The molecule has 0 fully saturated rings. The predicted octanol–water partition coefficient (Wildman–Crippen LogP) is 5.37. The second kappa shape index (κ2) is 6.55. The first-order chi connectivity index (χ1) is 12.9. The van der Waals surface area contributed by atoms with Crippen LogP contribution in [0.3, 0.4) is 0 Å². The first kappa shape index (κ1) is 17.3. The molecule has 0 aliphatic carbocycles. The van der Waals surface area contributed by atoms with Crippen LogP contribution in [-0.4, -0.2) is 11.9 Å². The van der Waals surface area contributed by atoms with E-state index in [1.54, 1.807) is 12.1 Å². The van der Waals surface area contributed by atoms with E-state index >= 15 is 0 Å². The van der Waals surface area contributed by atoms with Crippen molar-refractivity contribution in [3.05, 3.63) is 75.8 Å². The van der Waals surface area contributed by atoms with Crippen LogP contribution < -0.4 is 0 Å². The highest BCUT2D eigenvalue weighted by Gasteiger charge is 2.30. The fraction of sp³-hybridized carbons (Fsp3) is 0.0526. The van der Waals surface area contributed by atoms with Gasteiger partial charge >= 0.3 is 12.1 Å². The molecule has 4 rings (SSSR count). The number of carbonyl (C=O) groups excluding carboxylic acids is 1. The Labute approximate surface area is 155 Å². The van der Waals surface area contributed by atoms with Crippen LogP contribution in [0.25, 0.3) is 17.4 Å². The van der Waals surface area contributed by atoms with Crippen LogP contribution in [0.1, 0.15) is 16.2 Å². The number of aliphatic imine (C=N–C) groups is 1. The normalized spacial score (nSPS) is 15.9. The van der Waals surface area contributed by atoms with Crippen LogP contribution >= 0.6 is 11.3 Å². The molecule has 0 saturated heterocycles. The van der Waals surface area contributed by atoms with Gasteiger partial charge < -0.3 is 9.15 Å². The molecule has 0 unspecified atom stereocenters. The standard InChI is InChI=1S/C19H10F3NO3S/c20-19(21,22)12-4-1-3-11(9-12)15-7-6-13(25-15)10-14-18(24)26-17(23-14)16-5-2-8-27-16/h1-10H/b14-10+. The van der Waals surface area contributed by atoms with Gasteiger partial charge in [-0.25, -0.2) is 9.79 Å². The van der Waals surface area contributed by atoms with Gasteiger partial charge in [0.15, 0.2) is 5.70 Å². The Balaban J connectivity index is 1.62. The summed E-state index contributed by atoms with van der Waals surface area (Å²) in [6.07, 6.45) is -3.05. The topological polar surface area (TPSA) is 51.8 Å². The average molecular weight is 389 g/mol. The minimum Gasteiger partial charge on any atom is -0.457 e. The van der Waals surface area contributed by atoms with Gasteiger partial charge in [-0.2, -0.15) is 13.2 Å². The summed E-state index contributed by atoms with van der Waals surface area (Å²) in [7, 11) is 0. The quantitative estimate of drug-likeness (QED) is 0.447. The summed E-state index contributed by atoms with van der Waals surface area (Å²) in [5.74, 6) is 0.133. The zero-order valence-electron chi connectivity index (χ0n) is 13.5. The van der Waals surface area contributed by atoms with E-state index in [4.69, 9.17) is 9.15 Å². The van der Waals surface area contributed by atoms with Gasteiger partial charge in [0.05, 0.1) is 10.4 Å². The lowest BCUT2D eigenvalue weighted by Gasteiger charge is -2.07. The molecule has 1 aliphatic rings. The lowest BCUT2D eigenvalue weighted by atomic mass is 10.1. The van der Waals surface area contributed by atoms with Crippen molar-refractivity contribution in [1.82, 2.24) is 0 Å². The van der Waals surface area contributed by atoms with Crippen LogP contribution in [0, 0.1) is 0 Å². The number of benzene rings is 1. The minimum atomic E-state index is -4.44. The number of rotatable bonds is 3. The van der Waals surface area contributed by atoms with E-state index in [-0.39, 0.29) is 28.7 Å². The molecule has 27 heavy (non-hydrogen) atoms. The second-order valence-corrected chi connectivity index (χ2v) is 6.54. The zero-order chi connectivity index (χ0) is 19.0. The third-order valence-electron chi connectivity index (χ3n) is 3.73. The summed E-state index contributed by atoms with van der Waals surface area (Å²) in [6, 6.07) is 11.5. The van der Waals surface area contributed by atoms with Gasteiger partial charge in [-0.15, -0.1) is 11.3 Å². The highest BCUT2D eigenvalue weighted by atomic mass is 32.1. The molecule has 0 spiro atoms. The van der Waals surface area contributed by atoms with E-state index in [9.17, 15) is 18.0 Å². The van der Waals surface area contributed by atoms with Gasteiger partial charge in [0.2, 0.25) is 5.90 Å². The summed E-state index contributed by atoms with van der Waals surface area (Å²) in [5.41, 5.74) is -0.421. The summed E-state index contributed by atoms with van der Waals surface area (Å²) >= 11 is 1.38. The second-order valence-electron chi connectivity index (χ2n) is 5.59.